The molecule has 2 aliphatic heterocycles. The highest BCUT2D eigenvalue weighted by molar-refractivity contribution is 5.88. The quantitative estimate of drug-likeness (QED) is 0.278. The highest BCUT2D eigenvalue weighted by Crippen LogP contribution is 2.63. The van der Waals surface area contributed by atoms with Crippen LogP contribution in [0.5, 0.6) is 17.2 Å². The molecule has 13 heteroatoms. The van der Waals surface area contributed by atoms with Crippen molar-refractivity contribution in [1.29, 1.82) is 0 Å². The van der Waals surface area contributed by atoms with Crippen LogP contribution in [0.25, 0.3) is 11.2 Å². The van der Waals surface area contributed by atoms with Crippen molar-refractivity contribution in [2.75, 3.05) is 26.0 Å². The minimum atomic E-state index is -0.360. The minimum Gasteiger partial charge on any atom is -0.508 e. The van der Waals surface area contributed by atoms with Gasteiger partial charge in [0, 0.05) is 50.8 Å². The smallest absolute Gasteiger partial charge is 0.332 e. The maximum atomic E-state index is 11.7. The molecule has 1 spiro atoms. The monoisotopic (exact) mass is 646 g/mol. The summed E-state index contributed by atoms with van der Waals surface area (Å²) in [5, 5.41) is 22.1. The minimum absolute atomic E-state index is 0.00625. The van der Waals surface area contributed by atoms with Gasteiger partial charge < -0.3 is 34.5 Å². The third-order valence-electron chi connectivity index (χ3n) is 10.3. The van der Waals surface area contributed by atoms with Crippen LogP contribution >= 0.6 is 0 Å². The molecule has 47 heavy (non-hydrogen) atoms. The van der Waals surface area contributed by atoms with Crippen LogP contribution in [0.1, 0.15) is 37.3 Å². The first-order chi connectivity index (χ1) is 22.4. The van der Waals surface area contributed by atoms with E-state index in [1.165, 1.54) is 48.1 Å². The molecule has 1 saturated heterocycles. The van der Waals surface area contributed by atoms with Crippen molar-refractivity contribution in [3.63, 3.8) is 0 Å². The number of hydrogen-bond acceptors (Lipinski definition) is 9. The first-order valence-corrected chi connectivity index (χ1v) is 15.8. The van der Waals surface area contributed by atoms with Gasteiger partial charge in [-0.2, -0.15) is 0 Å². The molecule has 4 heterocycles. The van der Waals surface area contributed by atoms with E-state index < -0.39 is 0 Å². The first-order valence-electron chi connectivity index (χ1n) is 15.8. The van der Waals surface area contributed by atoms with Crippen LogP contribution in [0, 0.1) is 5.92 Å². The molecule has 4 aromatic rings. The molecule has 1 amide bonds. The van der Waals surface area contributed by atoms with Gasteiger partial charge in [0.1, 0.15) is 11.9 Å². The number of carbonyl (C=O) groups excluding carboxylic acids is 1. The fourth-order valence-electron chi connectivity index (χ4n) is 8.08. The van der Waals surface area contributed by atoms with Crippen molar-refractivity contribution in [2.45, 2.75) is 56.3 Å². The van der Waals surface area contributed by atoms with Crippen LogP contribution in [-0.4, -0.2) is 78.7 Å². The number of benzene rings is 2. The number of methoxy groups -OCH3 is 1. The third-order valence-corrected chi connectivity index (χ3v) is 10.3. The number of nitrogens with one attached hydrogen (secondary N) is 1. The van der Waals surface area contributed by atoms with E-state index in [1.54, 1.807) is 37.9 Å². The molecule has 2 aliphatic carbocycles. The number of ether oxygens (including phenoxy) is 2. The Morgan fingerprint density at radius 1 is 1.06 bits per heavy atom. The molecule has 2 aromatic heterocycles. The molecule has 0 unspecified atom stereocenters. The van der Waals surface area contributed by atoms with Gasteiger partial charge >= 0.3 is 5.69 Å². The number of carbonyl (C=O) groups is 1. The van der Waals surface area contributed by atoms with E-state index in [4.69, 9.17) is 14.6 Å². The van der Waals surface area contributed by atoms with Gasteiger partial charge in [0.25, 0.3) is 5.56 Å². The molecule has 2 fully saturated rings. The molecular formula is C34H42N6O7. The van der Waals surface area contributed by atoms with Crippen molar-refractivity contribution in [2.24, 2.45) is 27.1 Å². The van der Waals surface area contributed by atoms with Crippen molar-refractivity contribution in [1.82, 2.24) is 23.6 Å². The van der Waals surface area contributed by atoms with Crippen molar-refractivity contribution in [3.8, 4) is 17.2 Å². The zero-order valence-corrected chi connectivity index (χ0v) is 27.6. The highest BCUT2D eigenvalue weighted by Gasteiger charge is 2.65. The predicted molar refractivity (Wildman–Crippen MR) is 176 cm³/mol. The fourth-order valence-corrected chi connectivity index (χ4v) is 8.08. The lowest BCUT2D eigenvalue weighted by atomic mass is 9.51. The Hall–Kier alpha value is -4.62. The van der Waals surface area contributed by atoms with Gasteiger partial charge in [-0.25, -0.2) is 9.78 Å². The number of nitrogens with zero attached hydrogens (tertiary/aromatic N) is 5. The summed E-state index contributed by atoms with van der Waals surface area (Å²) in [4.78, 5) is 40.2. The Labute approximate surface area is 272 Å². The molecular weight excluding hydrogens is 604 g/mol. The Kier molecular flexibility index (Phi) is 8.39. The summed E-state index contributed by atoms with van der Waals surface area (Å²) >= 11 is 0. The van der Waals surface area contributed by atoms with Crippen LogP contribution in [0.15, 0.2) is 52.3 Å². The van der Waals surface area contributed by atoms with Crippen LogP contribution in [0.3, 0.4) is 0 Å². The lowest BCUT2D eigenvalue weighted by Crippen LogP contribution is -2.66. The number of likely N-dealkylation sites (N-methyl/N-ethyl adjacent to an activating group) is 1. The van der Waals surface area contributed by atoms with E-state index in [0.29, 0.717) is 28.8 Å². The predicted octanol–water partition coefficient (Wildman–Crippen LogP) is 2.05. The van der Waals surface area contributed by atoms with Gasteiger partial charge in [-0.3, -0.25) is 18.7 Å². The zero-order valence-electron chi connectivity index (χ0n) is 27.6. The van der Waals surface area contributed by atoms with Crippen molar-refractivity contribution in [3.05, 3.63) is 74.7 Å². The van der Waals surface area contributed by atoms with Gasteiger partial charge in [0.05, 0.1) is 19.5 Å². The number of phenolic OH excluding ortho intramolecular Hbond substituents is 1. The number of aromatic hydroxyl groups is 1. The van der Waals surface area contributed by atoms with E-state index >= 15 is 0 Å². The average Bonchev–Trinajstić information content (AvgIpc) is 3.62. The summed E-state index contributed by atoms with van der Waals surface area (Å²) in [7, 11) is 8.73. The van der Waals surface area contributed by atoms with E-state index in [2.05, 4.69) is 28.3 Å². The summed E-state index contributed by atoms with van der Waals surface area (Å²) in [5.74, 6) is 2.42. The second-order valence-electron chi connectivity index (χ2n) is 12.9. The molecule has 2 bridgehead atoms. The number of aliphatic hydroxyl groups excluding tert-OH is 1. The molecule has 8 rings (SSSR count). The van der Waals surface area contributed by atoms with E-state index in [-0.39, 0.29) is 40.5 Å². The Balaban J connectivity index is 0.000000134. The Morgan fingerprint density at radius 2 is 1.79 bits per heavy atom. The molecule has 0 radical (unpaired) electrons. The second kappa shape index (κ2) is 12.2. The van der Waals surface area contributed by atoms with Crippen LogP contribution in [-0.2, 0) is 37.8 Å². The van der Waals surface area contributed by atoms with Crippen molar-refractivity contribution < 1.29 is 24.5 Å². The van der Waals surface area contributed by atoms with Crippen LogP contribution < -0.4 is 26.0 Å². The number of aliphatic hydroxyl groups is 1. The number of piperidine rings is 1. The number of aryl methyl sites for hydroxylation is 2. The summed E-state index contributed by atoms with van der Waals surface area (Å²) in [5.41, 5.74) is 3.65. The molecule has 4 aliphatic rings. The van der Waals surface area contributed by atoms with Crippen molar-refractivity contribution >= 4 is 22.8 Å². The highest BCUT2D eigenvalue weighted by atomic mass is 16.5. The average molecular weight is 647 g/mol. The number of rotatable bonds is 2. The van der Waals surface area contributed by atoms with E-state index in [1.807, 2.05) is 6.07 Å². The second-order valence-corrected chi connectivity index (χ2v) is 12.9. The molecule has 13 nitrogen and oxygen atoms in total. The maximum absolute atomic E-state index is 11.7. The Bertz CT molecular complexity index is 1950. The summed E-state index contributed by atoms with van der Waals surface area (Å²) < 4.78 is 15.9. The summed E-state index contributed by atoms with van der Waals surface area (Å²) in [6.45, 7) is 2.52. The number of amides is 1. The topological polar surface area (TPSA) is 153 Å². The SMILES string of the molecule is CC(=O)Nc1ccc(O)cc1.COc1ccc2c3c1O[C@H]1[C@@H](O)CC[C@H]4[C@@H](C2)N(C)CC[C@@]341.Cn1c(=O)c2c(ncn2C)n(C)c1=O. The fraction of sp³-hybridized carbons (Fsp3) is 0.471. The summed E-state index contributed by atoms with van der Waals surface area (Å²) in [6.07, 6.45) is 5.21. The van der Waals surface area contributed by atoms with Gasteiger partial charge in [-0.1, -0.05) is 6.07 Å². The number of hydrogen-bond donors (Lipinski definition) is 3. The number of phenols is 1. The largest absolute Gasteiger partial charge is 0.508 e. The summed E-state index contributed by atoms with van der Waals surface area (Å²) in [6, 6.07) is 11.1. The van der Waals surface area contributed by atoms with E-state index in [0.717, 1.165) is 48.3 Å². The van der Waals surface area contributed by atoms with Gasteiger partial charge in [0.2, 0.25) is 5.91 Å². The molecule has 2 aromatic carbocycles. The maximum Gasteiger partial charge on any atom is 0.332 e. The third kappa shape index (κ3) is 5.27. The molecule has 3 N–H and O–H groups in total. The lowest BCUT2D eigenvalue weighted by molar-refractivity contribution is -0.114. The molecule has 250 valence electrons. The first kappa shape index (κ1) is 32.3. The van der Waals surface area contributed by atoms with E-state index in [9.17, 15) is 19.5 Å². The van der Waals surface area contributed by atoms with Crippen LogP contribution in [0.2, 0.25) is 0 Å². The standard InChI is InChI=1S/C18H23NO3.C8H10N4O2.C8H9NO2/c1-19-8-7-18-11-4-5-13(20)17(18)22-16-14(21-2)6-3-10(15(16)18)9-12(11)19;1-10-4-9-6-5(10)7(13)12(3)8(14)11(6)2;1-6(10)9-7-2-4-8(11)5-3-7/h3,6,11-13,17,20H,4-5,7-9H2,1-2H3;4H,1-3H3;2-5,11H,1H3,(H,9,10)/t11-,12+,13-,17-,18-;;/m0../s1. The number of imidazole rings is 1. The Morgan fingerprint density at radius 3 is 2.47 bits per heavy atom. The lowest BCUT2D eigenvalue weighted by Gasteiger charge is -2.58. The molecule has 5 atom stereocenters. The molecule has 1 saturated carbocycles. The van der Waals surface area contributed by atoms with Gasteiger partial charge in [-0.15, -0.1) is 0 Å². The number of aromatic nitrogens is 4. The number of anilines is 1. The number of likely N-dealkylation sites (tertiary alicyclic amines) is 1. The normalized spacial score (nSPS) is 25.0. The van der Waals surface area contributed by atoms with Crippen LogP contribution in [0.4, 0.5) is 5.69 Å². The number of fused-ring (bicyclic) bond motifs is 1. The zero-order chi connectivity index (χ0) is 33.8. The van der Waals surface area contributed by atoms with Gasteiger partial charge in [0.15, 0.2) is 22.7 Å². The van der Waals surface area contributed by atoms with Gasteiger partial charge in [-0.05, 0) is 81.1 Å².